The van der Waals surface area contributed by atoms with Crippen molar-refractivity contribution in [3.8, 4) is 11.5 Å². The van der Waals surface area contributed by atoms with Crippen molar-refractivity contribution in [1.29, 1.82) is 0 Å². The third kappa shape index (κ3) is 3.99. The molecule has 0 spiro atoms. The van der Waals surface area contributed by atoms with Gasteiger partial charge in [0.2, 0.25) is 0 Å². The summed E-state index contributed by atoms with van der Waals surface area (Å²) >= 11 is 5.92. The van der Waals surface area contributed by atoms with E-state index in [-0.39, 0.29) is 17.9 Å². The smallest absolute Gasteiger partial charge is 0.295 e. The minimum Gasteiger partial charge on any atom is -0.507 e. The van der Waals surface area contributed by atoms with Crippen molar-refractivity contribution < 1.29 is 29.3 Å². The zero-order valence-corrected chi connectivity index (χ0v) is 17.5. The molecule has 2 aromatic carbocycles. The molecule has 0 unspecified atom stereocenters. The second kappa shape index (κ2) is 8.77. The first-order valence-corrected chi connectivity index (χ1v) is 9.60. The Hall–Kier alpha value is -3.03. The molecule has 1 saturated heterocycles. The third-order valence-corrected chi connectivity index (χ3v) is 5.10. The van der Waals surface area contributed by atoms with Gasteiger partial charge in [-0.2, -0.15) is 0 Å². The fourth-order valence-electron chi connectivity index (χ4n) is 3.49. The Morgan fingerprint density at radius 1 is 1.13 bits per heavy atom. The van der Waals surface area contributed by atoms with Crippen LogP contribution < -0.4 is 9.47 Å². The normalized spacial score (nSPS) is 19.1. The summed E-state index contributed by atoms with van der Waals surface area (Å²) in [5.74, 6) is -1.12. The Labute approximate surface area is 179 Å². The summed E-state index contributed by atoms with van der Waals surface area (Å²) in [5, 5.41) is 21.4. The van der Waals surface area contributed by atoms with E-state index in [4.69, 9.17) is 21.1 Å². The number of carbonyl (C=O) groups excluding carboxylic acids is 2. The number of likely N-dealkylation sites (tertiary alicyclic amines) is 1. The highest BCUT2D eigenvalue weighted by atomic mass is 35.5. The van der Waals surface area contributed by atoms with Gasteiger partial charge < -0.3 is 24.6 Å². The van der Waals surface area contributed by atoms with Crippen LogP contribution in [0.5, 0.6) is 11.5 Å². The molecule has 8 heteroatoms. The molecule has 1 amide bonds. The molecule has 30 heavy (non-hydrogen) atoms. The van der Waals surface area contributed by atoms with Crippen molar-refractivity contribution in [3.05, 3.63) is 64.2 Å². The number of halogens is 1. The zero-order valence-electron chi connectivity index (χ0n) is 16.8. The SMILES string of the molecule is COc1ccc(OC)c([C@H]2C(=C(O)c3ccc(Cl)cc3)C(=O)C(=O)N2C[C@@H](C)O)c1. The molecule has 7 nitrogen and oxygen atoms in total. The van der Waals surface area contributed by atoms with Gasteiger partial charge in [0.05, 0.1) is 31.9 Å². The maximum atomic E-state index is 12.9. The van der Waals surface area contributed by atoms with E-state index in [0.717, 1.165) is 0 Å². The quantitative estimate of drug-likeness (QED) is 0.414. The Morgan fingerprint density at radius 3 is 2.37 bits per heavy atom. The summed E-state index contributed by atoms with van der Waals surface area (Å²) in [5.41, 5.74) is 0.683. The molecule has 1 heterocycles. The van der Waals surface area contributed by atoms with Gasteiger partial charge in [-0.3, -0.25) is 9.59 Å². The van der Waals surface area contributed by atoms with Crippen molar-refractivity contribution in [2.45, 2.75) is 19.1 Å². The highest BCUT2D eigenvalue weighted by Gasteiger charge is 2.47. The zero-order chi connectivity index (χ0) is 22.0. The number of methoxy groups -OCH3 is 2. The van der Waals surface area contributed by atoms with Crippen LogP contribution in [0.25, 0.3) is 5.76 Å². The summed E-state index contributed by atoms with van der Waals surface area (Å²) < 4.78 is 10.7. The number of Topliss-reactive ketones (excluding diaryl/α,β-unsaturated/α-hetero) is 1. The molecule has 2 atom stereocenters. The molecule has 158 valence electrons. The Morgan fingerprint density at radius 2 is 1.80 bits per heavy atom. The largest absolute Gasteiger partial charge is 0.507 e. The van der Waals surface area contributed by atoms with Gasteiger partial charge >= 0.3 is 0 Å². The summed E-state index contributed by atoms with van der Waals surface area (Å²) in [6.07, 6.45) is -0.891. The number of hydrogen-bond acceptors (Lipinski definition) is 6. The van der Waals surface area contributed by atoms with Gasteiger partial charge in [-0.05, 0) is 49.4 Å². The molecule has 1 aliphatic heterocycles. The lowest BCUT2D eigenvalue weighted by Gasteiger charge is -2.27. The standard InChI is InChI=1S/C22H22ClNO6/c1-12(25)11-24-19(16-10-15(29-2)8-9-17(16)30-3)18(21(27)22(24)28)20(26)13-4-6-14(23)7-5-13/h4-10,12,19,25-26H,11H2,1-3H3/t12-,19+/m1/s1. The first-order valence-electron chi connectivity index (χ1n) is 9.22. The van der Waals surface area contributed by atoms with Crippen LogP contribution in [0.2, 0.25) is 5.02 Å². The lowest BCUT2D eigenvalue weighted by Crippen LogP contribution is -2.35. The van der Waals surface area contributed by atoms with Crippen LogP contribution in [-0.4, -0.2) is 53.7 Å². The number of ether oxygens (including phenoxy) is 2. The van der Waals surface area contributed by atoms with Crippen LogP contribution in [0.4, 0.5) is 0 Å². The fraction of sp³-hybridized carbons (Fsp3) is 0.273. The number of β-amino-alcohol motifs (C(OH)–C–C–N with tert-alkyl or cyclic N) is 1. The molecule has 1 fully saturated rings. The minimum atomic E-state index is -0.972. The number of carbonyl (C=O) groups is 2. The van der Waals surface area contributed by atoms with E-state index in [1.807, 2.05) is 0 Å². The van der Waals surface area contributed by atoms with Gasteiger partial charge in [-0.15, -0.1) is 0 Å². The molecule has 0 saturated carbocycles. The van der Waals surface area contributed by atoms with Crippen LogP contribution >= 0.6 is 11.6 Å². The number of amides is 1. The highest BCUT2D eigenvalue weighted by molar-refractivity contribution is 6.46. The molecule has 2 N–H and O–H groups in total. The van der Waals surface area contributed by atoms with Crippen LogP contribution in [-0.2, 0) is 9.59 Å². The molecular formula is C22H22ClNO6. The fourth-order valence-corrected chi connectivity index (χ4v) is 3.62. The highest BCUT2D eigenvalue weighted by Crippen LogP contribution is 2.43. The topological polar surface area (TPSA) is 96.3 Å². The van der Waals surface area contributed by atoms with Crippen molar-refractivity contribution in [3.63, 3.8) is 0 Å². The number of hydrogen-bond donors (Lipinski definition) is 2. The first kappa shape index (κ1) is 21.7. The summed E-state index contributed by atoms with van der Waals surface area (Å²) in [7, 11) is 2.96. The number of nitrogens with zero attached hydrogens (tertiary/aromatic N) is 1. The maximum absolute atomic E-state index is 12.9. The van der Waals surface area contributed by atoms with Gasteiger partial charge in [0.25, 0.3) is 11.7 Å². The van der Waals surface area contributed by atoms with E-state index in [1.165, 1.54) is 26.0 Å². The van der Waals surface area contributed by atoms with Gasteiger partial charge in [-0.25, -0.2) is 0 Å². The van der Waals surface area contributed by atoms with Crippen LogP contribution in [0, 0.1) is 0 Å². The lowest BCUT2D eigenvalue weighted by molar-refractivity contribution is -0.140. The number of aliphatic hydroxyl groups is 2. The summed E-state index contributed by atoms with van der Waals surface area (Å²) in [6, 6.07) is 10.3. The van der Waals surface area contributed by atoms with E-state index in [0.29, 0.717) is 27.6 Å². The van der Waals surface area contributed by atoms with Gasteiger partial charge in [0.15, 0.2) is 0 Å². The second-order valence-corrected chi connectivity index (χ2v) is 7.35. The number of benzene rings is 2. The maximum Gasteiger partial charge on any atom is 0.295 e. The summed E-state index contributed by atoms with van der Waals surface area (Å²) in [4.78, 5) is 27.0. The molecular weight excluding hydrogens is 410 g/mol. The van der Waals surface area contributed by atoms with E-state index in [1.54, 1.807) is 42.5 Å². The average molecular weight is 432 g/mol. The van der Waals surface area contributed by atoms with Crippen molar-refractivity contribution in [2.75, 3.05) is 20.8 Å². The van der Waals surface area contributed by atoms with Crippen molar-refractivity contribution >= 4 is 29.1 Å². The number of rotatable bonds is 6. The number of ketones is 1. The van der Waals surface area contributed by atoms with Crippen molar-refractivity contribution in [1.82, 2.24) is 4.90 Å². The van der Waals surface area contributed by atoms with E-state index < -0.39 is 23.8 Å². The Bertz CT molecular complexity index is 999. The summed E-state index contributed by atoms with van der Waals surface area (Å²) in [6.45, 7) is 1.41. The molecule has 0 aliphatic carbocycles. The van der Waals surface area contributed by atoms with Crippen LogP contribution in [0.3, 0.4) is 0 Å². The third-order valence-electron chi connectivity index (χ3n) is 4.85. The van der Waals surface area contributed by atoms with E-state index >= 15 is 0 Å². The monoisotopic (exact) mass is 431 g/mol. The molecule has 2 aromatic rings. The van der Waals surface area contributed by atoms with Crippen LogP contribution in [0.1, 0.15) is 24.1 Å². The van der Waals surface area contributed by atoms with E-state index in [9.17, 15) is 19.8 Å². The molecule has 0 aromatic heterocycles. The lowest BCUT2D eigenvalue weighted by atomic mass is 9.94. The molecule has 1 aliphatic rings. The predicted octanol–water partition coefficient (Wildman–Crippen LogP) is 3.16. The predicted molar refractivity (Wildman–Crippen MR) is 112 cm³/mol. The second-order valence-electron chi connectivity index (χ2n) is 6.92. The molecule has 0 bridgehead atoms. The molecule has 0 radical (unpaired) electrons. The van der Waals surface area contributed by atoms with E-state index in [2.05, 4.69) is 0 Å². The Kier molecular flexibility index (Phi) is 6.34. The van der Waals surface area contributed by atoms with Crippen LogP contribution in [0.15, 0.2) is 48.0 Å². The average Bonchev–Trinajstić information content (AvgIpc) is 2.97. The Balaban J connectivity index is 2.27. The van der Waals surface area contributed by atoms with Gasteiger partial charge in [0, 0.05) is 22.7 Å². The number of aliphatic hydroxyl groups excluding tert-OH is 2. The minimum absolute atomic E-state index is 0.102. The van der Waals surface area contributed by atoms with Gasteiger partial charge in [-0.1, -0.05) is 11.6 Å². The molecule has 3 rings (SSSR count). The first-order chi connectivity index (χ1) is 14.3. The van der Waals surface area contributed by atoms with Crippen molar-refractivity contribution in [2.24, 2.45) is 0 Å². The van der Waals surface area contributed by atoms with Gasteiger partial charge in [0.1, 0.15) is 17.3 Å².